The van der Waals surface area contributed by atoms with Crippen LogP contribution in [-0.2, 0) is 12.7 Å². The maximum absolute atomic E-state index is 12.3. The summed E-state index contributed by atoms with van der Waals surface area (Å²) in [5.74, 6) is -2.97. The second-order valence-electron chi connectivity index (χ2n) is 2.90. The first-order chi connectivity index (χ1) is 7.34. The van der Waals surface area contributed by atoms with Gasteiger partial charge >= 0.3 is 12.1 Å². The van der Waals surface area contributed by atoms with Gasteiger partial charge in [-0.25, -0.2) is 14.8 Å². The summed E-state index contributed by atoms with van der Waals surface area (Å²) < 4.78 is 36.9. The van der Waals surface area contributed by atoms with Crippen molar-refractivity contribution in [3.05, 3.63) is 23.3 Å². The standard InChI is InChI=1S/C8H8F3N3O2/c1-12-3-4-2-5(6(15)16)14-7(13-4)8(9,10)11/h2,12H,3H2,1H3,(H,15,16). The van der Waals surface area contributed by atoms with E-state index in [1.165, 1.54) is 7.05 Å². The quantitative estimate of drug-likeness (QED) is 0.814. The van der Waals surface area contributed by atoms with E-state index < -0.39 is 23.7 Å². The third-order valence-electron chi connectivity index (χ3n) is 1.61. The second kappa shape index (κ2) is 4.44. The fourth-order valence-electron chi connectivity index (χ4n) is 1.01. The Kier molecular flexibility index (Phi) is 3.43. The van der Waals surface area contributed by atoms with Crippen LogP contribution >= 0.6 is 0 Å². The summed E-state index contributed by atoms with van der Waals surface area (Å²) in [7, 11) is 1.51. The van der Waals surface area contributed by atoms with Gasteiger partial charge in [0.1, 0.15) is 0 Å². The highest BCUT2D eigenvalue weighted by Gasteiger charge is 2.35. The molecule has 0 spiro atoms. The Hall–Kier alpha value is -1.70. The first kappa shape index (κ1) is 12.4. The number of alkyl halides is 3. The van der Waals surface area contributed by atoms with Crippen molar-refractivity contribution < 1.29 is 23.1 Å². The Bertz CT molecular complexity index is 406. The predicted octanol–water partition coefficient (Wildman–Crippen LogP) is 0.913. The molecule has 1 rings (SSSR count). The summed E-state index contributed by atoms with van der Waals surface area (Å²) in [6.07, 6.45) is -4.76. The third kappa shape index (κ3) is 2.89. The van der Waals surface area contributed by atoms with Gasteiger partial charge in [0.25, 0.3) is 0 Å². The third-order valence-corrected chi connectivity index (χ3v) is 1.61. The number of nitrogens with zero attached hydrogens (tertiary/aromatic N) is 2. The predicted molar refractivity (Wildman–Crippen MR) is 46.8 cm³/mol. The van der Waals surface area contributed by atoms with Gasteiger partial charge in [-0.1, -0.05) is 0 Å². The Balaban J connectivity index is 3.24. The van der Waals surface area contributed by atoms with Crippen LogP contribution in [0.4, 0.5) is 13.2 Å². The van der Waals surface area contributed by atoms with Crippen molar-refractivity contribution in [2.24, 2.45) is 0 Å². The number of halogens is 3. The lowest BCUT2D eigenvalue weighted by Gasteiger charge is -2.08. The molecule has 0 saturated carbocycles. The van der Waals surface area contributed by atoms with Gasteiger partial charge in [-0.2, -0.15) is 13.2 Å². The topological polar surface area (TPSA) is 75.1 Å². The number of aromatic nitrogens is 2. The molecule has 2 N–H and O–H groups in total. The molecule has 0 aliphatic carbocycles. The Morgan fingerprint density at radius 2 is 2.12 bits per heavy atom. The van der Waals surface area contributed by atoms with Crippen LogP contribution in [0, 0.1) is 0 Å². The van der Waals surface area contributed by atoms with Gasteiger partial charge in [-0.15, -0.1) is 0 Å². The fraction of sp³-hybridized carbons (Fsp3) is 0.375. The van der Waals surface area contributed by atoms with Crippen LogP contribution in [0.15, 0.2) is 6.07 Å². The van der Waals surface area contributed by atoms with Crippen LogP contribution in [0.3, 0.4) is 0 Å². The van der Waals surface area contributed by atoms with Gasteiger partial charge in [0.2, 0.25) is 5.82 Å². The molecule has 0 aliphatic rings. The number of carboxylic acids is 1. The van der Waals surface area contributed by atoms with Gasteiger partial charge in [0, 0.05) is 6.54 Å². The Morgan fingerprint density at radius 1 is 1.50 bits per heavy atom. The molecule has 0 fully saturated rings. The van der Waals surface area contributed by atoms with E-state index in [0.29, 0.717) is 0 Å². The Labute approximate surface area is 88.3 Å². The Morgan fingerprint density at radius 3 is 2.56 bits per heavy atom. The molecule has 8 heteroatoms. The highest BCUT2D eigenvalue weighted by atomic mass is 19.4. The molecule has 1 aromatic rings. The molecule has 0 aromatic carbocycles. The zero-order chi connectivity index (χ0) is 12.3. The average molecular weight is 235 g/mol. The van der Waals surface area contributed by atoms with Gasteiger partial charge in [-0.05, 0) is 13.1 Å². The molecule has 1 heterocycles. The maximum atomic E-state index is 12.3. The van der Waals surface area contributed by atoms with Crippen LogP contribution in [0.25, 0.3) is 0 Å². The van der Waals surface area contributed by atoms with E-state index in [1.54, 1.807) is 0 Å². The highest BCUT2D eigenvalue weighted by molar-refractivity contribution is 5.85. The average Bonchev–Trinajstić information content (AvgIpc) is 2.16. The van der Waals surface area contributed by atoms with Gasteiger partial charge < -0.3 is 10.4 Å². The summed E-state index contributed by atoms with van der Waals surface area (Å²) in [6.45, 7) is 0.0336. The molecular formula is C8H8F3N3O2. The summed E-state index contributed by atoms with van der Waals surface area (Å²) in [4.78, 5) is 16.7. The minimum atomic E-state index is -4.76. The van der Waals surface area contributed by atoms with E-state index in [0.717, 1.165) is 6.07 Å². The van der Waals surface area contributed by atoms with Crippen LogP contribution in [0.2, 0.25) is 0 Å². The largest absolute Gasteiger partial charge is 0.477 e. The molecule has 1 aromatic heterocycles. The summed E-state index contributed by atoms with van der Waals surface area (Å²) in [5.41, 5.74) is -0.699. The van der Waals surface area contributed by atoms with Crippen LogP contribution in [0.1, 0.15) is 22.0 Å². The minimum absolute atomic E-state index is 0.0257. The van der Waals surface area contributed by atoms with Crippen molar-refractivity contribution in [2.45, 2.75) is 12.7 Å². The molecule has 88 valence electrons. The van der Waals surface area contributed by atoms with E-state index in [-0.39, 0.29) is 12.2 Å². The van der Waals surface area contributed by atoms with Crippen LogP contribution < -0.4 is 5.32 Å². The lowest BCUT2D eigenvalue weighted by Crippen LogP contribution is -2.18. The molecule has 5 nitrogen and oxygen atoms in total. The van der Waals surface area contributed by atoms with E-state index in [9.17, 15) is 18.0 Å². The number of carboxylic acid groups (broad SMARTS) is 1. The maximum Gasteiger partial charge on any atom is 0.451 e. The van der Waals surface area contributed by atoms with Crippen molar-refractivity contribution in [3.63, 3.8) is 0 Å². The van der Waals surface area contributed by atoms with Gasteiger partial charge in [-0.3, -0.25) is 0 Å². The van der Waals surface area contributed by atoms with Crippen LogP contribution in [-0.4, -0.2) is 28.1 Å². The molecule has 16 heavy (non-hydrogen) atoms. The van der Waals surface area contributed by atoms with Gasteiger partial charge in [0.15, 0.2) is 5.69 Å². The monoisotopic (exact) mass is 235 g/mol. The van der Waals surface area contributed by atoms with Gasteiger partial charge in [0.05, 0.1) is 5.69 Å². The number of rotatable bonds is 3. The molecule has 0 unspecified atom stereocenters. The summed E-state index contributed by atoms with van der Waals surface area (Å²) in [5, 5.41) is 11.2. The number of aromatic carboxylic acids is 1. The van der Waals surface area contributed by atoms with Crippen molar-refractivity contribution >= 4 is 5.97 Å². The number of hydrogen-bond donors (Lipinski definition) is 2. The van der Waals surface area contributed by atoms with E-state index in [2.05, 4.69) is 15.3 Å². The minimum Gasteiger partial charge on any atom is -0.477 e. The van der Waals surface area contributed by atoms with Crippen molar-refractivity contribution in [3.8, 4) is 0 Å². The molecule has 0 saturated heterocycles. The second-order valence-corrected chi connectivity index (χ2v) is 2.90. The highest BCUT2D eigenvalue weighted by Crippen LogP contribution is 2.26. The lowest BCUT2D eigenvalue weighted by molar-refractivity contribution is -0.145. The van der Waals surface area contributed by atoms with Crippen molar-refractivity contribution in [2.75, 3.05) is 7.05 Å². The molecule has 0 atom stereocenters. The number of carbonyl (C=O) groups is 1. The fourth-order valence-corrected chi connectivity index (χ4v) is 1.01. The zero-order valence-electron chi connectivity index (χ0n) is 8.17. The van der Waals surface area contributed by atoms with E-state index in [4.69, 9.17) is 5.11 Å². The van der Waals surface area contributed by atoms with Crippen molar-refractivity contribution in [1.82, 2.24) is 15.3 Å². The lowest BCUT2D eigenvalue weighted by atomic mass is 10.3. The first-order valence-electron chi connectivity index (χ1n) is 4.17. The summed E-state index contributed by atoms with van der Waals surface area (Å²) >= 11 is 0. The van der Waals surface area contributed by atoms with E-state index in [1.807, 2.05) is 0 Å². The number of nitrogens with one attached hydrogen (secondary N) is 1. The van der Waals surface area contributed by atoms with Crippen LogP contribution in [0.5, 0.6) is 0 Å². The first-order valence-corrected chi connectivity index (χ1v) is 4.17. The smallest absolute Gasteiger partial charge is 0.451 e. The molecule has 0 bridgehead atoms. The van der Waals surface area contributed by atoms with Crippen molar-refractivity contribution in [1.29, 1.82) is 0 Å². The SMILES string of the molecule is CNCc1cc(C(=O)O)nc(C(F)(F)F)n1. The zero-order valence-corrected chi connectivity index (χ0v) is 8.17. The normalized spacial score (nSPS) is 11.5. The van der Waals surface area contributed by atoms with E-state index >= 15 is 0 Å². The molecule has 0 aliphatic heterocycles. The molecular weight excluding hydrogens is 227 g/mol. The molecule has 0 amide bonds. The molecule has 0 radical (unpaired) electrons. The number of hydrogen-bond acceptors (Lipinski definition) is 4. The summed E-state index contributed by atoms with van der Waals surface area (Å²) in [6, 6.07) is 0.994.